The molecule has 3 fully saturated rings. The highest BCUT2D eigenvalue weighted by atomic mass is 16.5. The molecular weight excluding hydrogens is 226 g/mol. The summed E-state index contributed by atoms with van der Waals surface area (Å²) in [5.41, 5.74) is 0. The molecule has 0 aromatic heterocycles. The van der Waals surface area contributed by atoms with Gasteiger partial charge in [-0.1, -0.05) is 6.42 Å². The van der Waals surface area contributed by atoms with Crippen LogP contribution < -0.4 is 0 Å². The average molecular weight is 251 g/mol. The van der Waals surface area contributed by atoms with Crippen molar-refractivity contribution in [3.63, 3.8) is 0 Å². The van der Waals surface area contributed by atoms with Crippen molar-refractivity contribution in [3.8, 4) is 0 Å². The molecule has 0 amide bonds. The molecule has 3 heteroatoms. The SMILES string of the molecule is CCOC(=O)C1CCCN1CC1CC2CCC1C2. The molecule has 0 spiro atoms. The van der Waals surface area contributed by atoms with Gasteiger partial charge in [-0.2, -0.15) is 0 Å². The smallest absolute Gasteiger partial charge is 0.323 e. The van der Waals surface area contributed by atoms with Gasteiger partial charge < -0.3 is 4.74 Å². The number of hydrogen-bond acceptors (Lipinski definition) is 3. The summed E-state index contributed by atoms with van der Waals surface area (Å²) >= 11 is 0. The van der Waals surface area contributed by atoms with Crippen molar-refractivity contribution in [2.24, 2.45) is 17.8 Å². The van der Waals surface area contributed by atoms with Gasteiger partial charge in [0, 0.05) is 6.54 Å². The molecule has 0 N–H and O–H groups in total. The van der Waals surface area contributed by atoms with Gasteiger partial charge in [-0.25, -0.2) is 0 Å². The summed E-state index contributed by atoms with van der Waals surface area (Å²) in [6.07, 6.45) is 7.93. The minimum Gasteiger partial charge on any atom is -0.465 e. The third kappa shape index (κ3) is 2.29. The fourth-order valence-electron chi connectivity index (χ4n) is 4.45. The van der Waals surface area contributed by atoms with E-state index in [0.717, 1.165) is 43.7 Å². The molecule has 0 radical (unpaired) electrons. The second-order valence-electron chi connectivity index (χ2n) is 6.34. The summed E-state index contributed by atoms with van der Waals surface area (Å²) in [6, 6.07) is 0.0593. The van der Waals surface area contributed by atoms with E-state index in [-0.39, 0.29) is 12.0 Å². The first-order valence-electron chi connectivity index (χ1n) is 7.68. The number of carbonyl (C=O) groups is 1. The second-order valence-corrected chi connectivity index (χ2v) is 6.34. The maximum absolute atomic E-state index is 11.9. The molecule has 0 aromatic rings. The van der Waals surface area contributed by atoms with Crippen LogP contribution in [0.2, 0.25) is 0 Å². The largest absolute Gasteiger partial charge is 0.465 e. The monoisotopic (exact) mass is 251 g/mol. The van der Waals surface area contributed by atoms with Crippen LogP contribution in [0.5, 0.6) is 0 Å². The quantitative estimate of drug-likeness (QED) is 0.719. The highest BCUT2D eigenvalue weighted by molar-refractivity contribution is 5.76. The molecule has 3 rings (SSSR count). The zero-order valence-corrected chi connectivity index (χ0v) is 11.4. The standard InChI is InChI=1S/C15H25NO2/c1-2-18-15(17)14-4-3-7-16(14)10-13-9-11-5-6-12(13)8-11/h11-14H,2-10H2,1H3. The van der Waals surface area contributed by atoms with Crippen LogP contribution in [0.4, 0.5) is 0 Å². The van der Waals surface area contributed by atoms with Gasteiger partial charge in [0.05, 0.1) is 6.61 Å². The van der Waals surface area contributed by atoms with Crippen LogP contribution in [0.25, 0.3) is 0 Å². The fourth-order valence-corrected chi connectivity index (χ4v) is 4.45. The zero-order chi connectivity index (χ0) is 12.5. The third-order valence-electron chi connectivity index (χ3n) is 5.28. The van der Waals surface area contributed by atoms with Gasteiger partial charge in [0.1, 0.15) is 6.04 Å². The number of esters is 1. The molecule has 4 atom stereocenters. The van der Waals surface area contributed by atoms with Crippen molar-refractivity contribution in [2.45, 2.75) is 51.5 Å². The van der Waals surface area contributed by atoms with Gasteiger partial charge in [-0.3, -0.25) is 9.69 Å². The van der Waals surface area contributed by atoms with Gasteiger partial charge in [-0.15, -0.1) is 0 Å². The lowest BCUT2D eigenvalue weighted by molar-refractivity contribution is -0.148. The van der Waals surface area contributed by atoms with Gasteiger partial charge in [0.2, 0.25) is 0 Å². The summed E-state index contributed by atoms with van der Waals surface area (Å²) < 4.78 is 5.20. The molecule has 2 bridgehead atoms. The number of hydrogen-bond donors (Lipinski definition) is 0. The Labute approximate surface area is 110 Å². The van der Waals surface area contributed by atoms with E-state index in [0.29, 0.717) is 6.61 Å². The van der Waals surface area contributed by atoms with E-state index in [4.69, 9.17) is 4.74 Å². The van der Waals surface area contributed by atoms with Crippen LogP contribution in [0.1, 0.15) is 45.4 Å². The number of fused-ring (bicyclic) bond motifs is 2. The average Bonchev–Trinajstić information content (AvgIpc) is 3.04. The Morgan fingerprint density at radius 2 is 2.17 bits per heavy atom. The third-order valence-corrected chi connectivity index (χ3v) is 5.28. The van der Waals surface area contributed by atoms with Crippen LogP contribution in [0.3, 0.4) is 0 Å². The molecule has 3 aliphatic rings. The molecule has 4 unspecified atom stereocenters. The van der Waals surface area contributed by atoms with Crippen LogP contribution in [-0.2, 0) is 9.53 Å². The normalized spacial score (nSPS) is 39.4. The number of nitrogens with zero attached hydrogens (tertiary/aromatic N) is 1. The molecule has 18 heavy (non-hydrogen) atoms. The van der Waals surface area contributed by atoms with Gasteiger partial charge in [0.15, 0.2) is 0 Å². The molecule has 2 saturated carbocycles. The first-order valence-corrected chi connectivity index (χ1v) is 7.68. The molecule has 0 aromatic carbocycles. The lowest BCUT2D eigenvalue weighted by Crippen LogP contribution is -2.41. The Bertz CT molecular complexity index is 318. The molecule has 102 valence electrons. The van der Waals surface area contributed by atoms with Crippen LogP contribution in [0.15, 0.2) is 0 Å². The van der Waals surface area contributed by atoms with Crippen molar-refractivity contribution in [1.82, 2.24) is 4.90 Å². The van der Waals surface area contributed by atoms with Gasteiger partial charge >= 0.3 is 5.97 Å². The number of likely N-dealkylation sites (tertiary alicyclic amines) is 1. The summed E-state index contributed by atoms with van der Waals surface area (Å²) in [4.78, 5) is 14.3. The van der Waals surface area contributed by atoms with Crippen molar-refractivity contribution >= 4 is 5.97 Å². The highest BCUT2D eigenvalue weighted by Gasteiger charge is 2.42. The predicted molar refractivity (Wildman–Crippen MR) is 70.2 cm³/mol. The summed E-state index contributed by atoms with van der Waals surface area (Å²) in [5.74, 6) is 2.83. The van der Waals surface area contributed by atoms with Gasteiger partial charge in [-0.05, 0) is 63.3 Å². The Hall–Kier alpha value is -0.570. The van der Waals surface area contributed by atoms with Crippen LogP contribution in [0, 0.1) is 17.8 Å². The fraction of sp³-hybridized carbons (Fsp3) is 0.933. The van der Waals surface area contributed by atoms with Crippen molar-refractivity contribution in [1.29, 1.82) is 0 Å². The van der Waals surface area contributed by atoms with E-state index in [1.54, 1.807) is 0 Å². The number of rotatable bonds is 4. The molecule has 2 aliphatic carbocycles. The number of carbonyl (C=O) groups excluding carboxylic acids is 1. The Kier molecular flexibility index (Phi) is 3.60. The lowest BCUT2D eigenvalue weighted by Gasteiger charge is -2.30. The lowest BCUT2D eigenvalue weighted by atomic mass is 9.88. The Morgan fingerprint density at radius 3 is 2.83 bits per heavy atom. The van der Waals surface area contributed by atoms with E-state index in [1.807, 2.05) is 6.92 Å². The first-order chi connectivity index (χ1) is 8.78. The Balaban J connectivity index is 1.56. The van der Waals surface area contributed by atoms with E-state index in [2.05, 4.69) is 4.90 Å². The first kappa shape index (κ1) is 12.5. The van der Waals surface area contributed by atoms with E-state index >= 15 is 0 Å². The molecule has 1 aliphatic heterocycles. The molecule has 1 saturated heterocycles. The number of ether oxygens (including phenoxy) is 1. The summed E-state index contributed by atoms with van der Waals surface area (Å²) in [5, 5.41) is 0. The van der Waals surface area contributed by atoms with Gasteiger partial charge in [0.25, 0.3) is 0 Å². The molecule has 3 nitrogen and oxygen atoms in total. The van der Waals surface area contributed by atoms with E-state index < -0.39 is 0 Å². The predicted octanol–water partition coefficient (Wildman–Crippen LogP) is 2.45. The molecule has 1 heterocycles. The van der Waals surface area contributed by atoms with E-state index in [9.17, 15) is 4.79 Å². The maximum atomic E-state index is 11.9. The summed E-state index contributed by atoms with van der Waals surface area (Å²) in [7, 11) is 0. The van der Waals surface area contributed by atoms with Crippen molar-refractivity contribution in [3.05, 3.63) is 0 Å². The minimum atomic E-state index is 0.0122. The second kappa shape index (κ2) is 5.20. The topological polar surface area (TPSA) is 29.5 Å². The molecular formula is C15H25NO2. The van der Waals surface area contributed by atoms with Crippen LogP contribution >= 0.6 is 0 Å². The Morgan fingerprint density at radius 1 is 1.28 bits per heavy atom. The zero-order valence-electron chi connectivity index (χ0n) is 11.4. The van der Waals surface area contributed by atoms with E-state index in [1.165, 1.54) is 25.7 Å². The summed E-state index contributed by atoms with van der Waals surface area (Å²) in [6.45, 7) is 4.65. The minimum absolute atomic E-state index is 0.0122. The highest BCUT2D eigenvalue weighted by Crippen LogP contribution is 2.48. The maximum Gasteiger partial charge on any atom is 0.323 e. The van der Waals surface area contributed by atoms with Crippen molar-refractivity contribution < 1.29 is 9.53 Å². The van der Waals surface area contributed by atoms with Crippen LogP contribution in [-0.4, -0.2) is 36.6 Å². The van der Waals surface area contributed by atoms with Crippen molar-refractivity contribution in [2.75, 3.05) is 19.7 Å².